The molecule has 3 heterocycles. The lowest BCUT2D eigenvalue weighted by Crippen LogP contribution is -2.45. The topological polar surface area (TPSA) is 59.2 Å². The van der Waals surface area contributed by atoms with Gasteiger partial charge in [0.25, 0.3) is 5.91 Å². The predicted octanol–water partition coefficient (Wildman–Crippen LogP) is 3.91. The molecule has 2 unspecified atom stereocenters. The molecule has 0 saturated carbocycles. The van der Waals surface area contributed by atoms with E-state index in [1.807, 2.05) is 34.7 Å². The number of aromatic nitrogens is 1. The highest BCUT2D eigenvalue weighted by molar-refractivity contribution is 7.20. The molecule has 0 bridgehead atoms. The summed E-state index contributed by atoms with van der Waals surface area (Å²) < 4.78 is 0. The van der Waals surface area contributed by atoms with E-state index in [2.05, 4.69) is 4.98 Å². The summed E-state index contributed by atoms with van der Waals surface area (Å²) in [5.74, 6) is 0.442. The molecule has 1 fully saturated rings. The van der Waals surface area contributed by atoms with Crippen LogP contribution >= 0.6 is 47.5 Å². The third-order valence-electron chi connectivity index (χ3n) is 3.94. The lowest BCUT2D eigenvalue weighted by Gasteiger charge is -2.34. The number of hydrogen-bond acceptors (Lipinski definition) is 5. The highest BCUT2D eigenvalue weighted by Crippen LogP contribution is 2.29. The first-order valence-electron chi connectivity index (χ1n) is 7.19. The number of amides is 1. The van der Waals surface area contributed by atoms with Gasteiger partial charge in [0.05, 0.1) is 4.88 Å². The largest absolute Gasteiger partial charge is 0.337 e. The number of halogens is 2. The highest BCUT2D eigenvalue weighted by atomic mass is 35.5. The van der Waals surface area contributed by atoms with E-state index in [0.717, 1.165) is 35.8 Å². The van der Waals surface area contributed by atoms with Crippen molar-refractivity contribution in [3.05, 3.63) is 28.6 Å². The Hall–Kier alpha value is -0.660. The van der Waals surface area contributed by atoms with Gasteiger partial charge in [0.1, 0.15) is 10.7 Å². The van der Waals surface area contributed by atoms with Crippen LogP contribution < -0.4 is 5.73 Å². The van der Waals surface area contributed by atoms with Crippen LogP contribution in [-0.4, -0.2) is 34.9 Å². The Morgan fingerprint density at radius 3 is 2.87 bits per heavy atom. The molecule has 8 heteroatoms. The zero-order valence-electron chi connectivity index (χ0n) is 12.8. The summed E-state index contributed by atoms with van der Waals surface area (Å²) >= 11 is 3.18. The zero-order chi connectivity index (χ0) is 14.8. The maximum Gasteiger partial charge on any atom is 0.273 e. The van der Waals surface area contributed by atoms with Crippen LogP contribution in [0.1, 0.15) is 30.3 Å². The van der Waals surface area contributed by atoms with E-state index < -0.39 is 0 Å². The monoisotopic (exact) mass is 393 g/mol. The lowest BCUT2D eigenvalue weighted by molar-refractivity contribution is 0.0656. The summed E-state index contributed by atoms with van der Waals surface area (Å²) in [5, 5.41) is 4.82. The fourth-order valence-electron chi connectivity index (χ4n) is 2.67. The quantitative estimate of drug-likeness (QED) is 0.859. The second-order valence-corrected chi connectivity index (χ2v) is 7.33. The van der Waals surface area contributed by atoms with Gasteiger partial charge in [0, 0.05) is 24.5 Å². The number of thiophene rings is 1. The molecule has 0 aromatic carbocycles. The van der Waals surface area contributed by atoms with Crippen molar-refractivity contribution in [2.24, 2.45) is 11.7 Å². The van der Waals surface area contributed by atoms with Crippen LogP contribution in [0.15, 0.2) is 22.9 Å². The molecule has 128 valence electrons. The van der Waals surface area contributed by atoms with Crippen LogP contribution in [0.3, 0.4) is 0 Å². The SMILES string of the molecule is CC(N)C1CCCN(C(=O)c2csc(-c3cccs3)n2)C1.Cl.Cl. The predicted molar refractivity (Wildman–Crippen MR) is 102 cm³/mol. The van der Waals surface area contributed by atoms with Crippen LogP contribution in [0.4, 0.5) is 0 Å². The number of carbonyl (C=O) groups excluding carboxylic acids is 1. The van der Waals surface area contributed by atoms with E-state index in [4.69, 9.17) is 5.73 Å². The molecule has 1 aliphatic rings. The van der Waals surface area contributed by atoms with Crippen molar-refractivity contribution in [1.82, 2.24) is 9.88 Å². The van der Waals surface area contributed by atoms with Crippen LogP contribution in [0, 0.1) is 5.92 Å². The van der Waals surface area contributed by atoms with Gasteiger partial charge >= 0.3 is 0 Å². The first-order chi connectivity index (χ1) is 10.1. The molecular formula is C15H21Cl2N3OS2. The molecule has 3 rings (SSSR count). The number of piperidine rings is 1. The number of hydrogen-bond donors (Lipinski definition) is 1. The highest BCUT2D eigenvalue weighted by Gasteiger charge is 2.27. The summed E-state index contributed by atoms with van der Waals surface area (Å²) in [4.78, 5) is 20.1. The van der Waals surface area contributed by atoms with Crippen molar-refractivity contribution >= 4 is 53.4 Å². The molecule has 2 atom stereocenters. The van der Waals surface area contributed by atoms with Crippen molar-refractivity contribution in [2.45, 2.75) is 25.8 Å². The molecule has 2 aromatic rings. The molecule has 2 N–H and O–H groups in total. The van der Waals surface area contributed by atoms with Gasteiger partial charge in [0.2, 0.25) is 0 Å². The number of nitrogens with zero attached hydrogens (tertiary/aromatic N) is 2. The maximum atomic E-state index is 12.6. The van der Waals surface area contributed by atoms with Crippen molar-refractivity contribution in [1.29, 1.82) is 0 Å². The summed E-state index contributed by atoms with van der Waals surface area (Å²) in [6.45, 7) is 3.59. The van der Waals surface area contributed by atoms with Crippen molar-refractivity contribution in [3.8, 4) is 9.88 Å². The molecule has 23 heavy (non-hydrogen) atoms. The third-order valence-corrected chi connectivity index (χ3v) is 5.83. The first-order valence-corrected chi connectivity index (χ1v) is 8.95. The Balaban J connectivity index is 0.00000132. The summed E-state index contributed by atoms with van der Waals surface area (Å²) in [6, 6.07) is 4.17. The van der Waals surface area contributed by atoms with Crippen LogP contribution in [0.2, 0.25) is 0 Å². The van der Waals surface area contributed by atoms with Gasteiger partial charge < -0.3 is 10.6 Å². The van der Waals surface area contributed by atoms with Gasteiger partial charge in [-0.3, -0.25) is 4.79 Å². The van der Waals surface area contributed by atoms with Crippen LogP contribution in [0.25, 0.3) is 9.88 Å². The van der Waals surface area contributed by atoms with Crippen molar-refractivity contribution in [3.63, 3.8) is 0 Å². The van der Waals surface area contributed by atoms with Crippen molar-refractivity contribution in [2.75, 3.05) is 13.1 Å². The van der Waals surface area contributed by atoms with Gasteiger partial charge in [-0.1, -0.05) is 6.07 Å². The normalized spacial score (nSPS) is 18.7. The number of carbonyl (C=O) groups is 1. The second-order valence-electron chi connectivity index (χ2n) is 5.53. The summed E-state index contributed by atoms with van der Waals surface area (Å²) in [5.41, 5.74) is 6.55. The van der Waals surface area contributed by atoms with Gasteiger partial charge in [0.15, 0.2) is 0 Å². The molecule has 4 nitrogen and oxygen atoms in total. The van der Waals surface area contributed by atoms with E-state index in [-0.39, 0.29) is 36.8 Å². The minimum Gasteiger partial charge on any atom is -0.337 e. The minimum atomic E-state index is 0. The van der Waals surface area contributed by atoms with Gasteiger partial charge in [-0.25, -0.2) is 4.98 Å². The minimum absolute atomic E-state index is 0. The lowest BCUT2D eigenvalue weighted by atomic mass is 9.92. The molecule has 1 aliphatic heterocycles. The summed E-state index contributed by atoms with van der Waals surface area (Å²) in [7, 11) is 0. The Labute approximate surface area is 156 Å². The zero-order valence-corrected chi connectivity index (χ0v) is 16.1. The first kappa shape index (κ1) is 20.4. The Bertz CT molecular complexity index is 616. The van der Waals surface area contributed by atoms with Crippen molar-refractivity contribution < 1.29 is 4.79 Å². The van der Waals surface area contributed by atoms with E-state index in [0.29, 0.717) is 11.6 Å². The second kappa shape index (κ2) is 8.99. The third kappa shape index (κ3) is 4.67. The molecule has 0 aliphatic carbocycles. The van der Waals surface area contributed by atoms with Crippen LogP contribution in [0.5, 0.6) is 0 Å². The molecule has 1 amide bonds. The van der Waals surface area contributed by atoms with Gasteiger partial charge in [-0.2, -0.15) is 0 Å². The molecule has 2 aromatic heterocycles. The molecule has 0 radical (unpaired) electrons. The number of thiazole rings is 1. The Morgan fingerprint density at radius 1 is 1.43 bits per heavy atom. The number of nitrogens with two attached hydrogens (primary N) is 1. The number of rotatable bonds is 3. The smallest absolute Gasteiger partial charge is 0.273 e. The van der Waals surface area contributed by atoms with Gasteiger partial charge in [-0.05, 0) is 37.1 Å². The van der Waals surface area contributed by atoms with E-state index >= 15 is 0 Å². The fraction of sp³-hybridized carbons (Fsp3) is 0.467. The van der Waals surface area contributed by atoms with Gasteiger partial charge in [-0.15, -0.1) is 47.5 Å². The maximum absolute atomic E-state index is 12.6. The average molecular weight is 394 g/mol. The van der Waals surface area contributed by atoms with Crippen LogP contribution in [-0.2, 0) is 0 Å². The Kier molecular flexibility index (Phi) is 7.97. The standard InChI is InChI=1S/C15H19N3OS2.2ClH/c1-10(16)11-4-2-6-18(8-11)15(19)12-9-21-14(17-12)13-5-3-7-20-13;;/h3,5,7,9-11H,2,4,6,8,16H2,1H3;2*1H. The fourth-order valence-corrected chi connectivity index (χ4v) is 4.28. The molecular weight excluding hydrogens is 373 g/mol. The molecule has 1 saturated heterocycles. The molecule has 0 spiro atoms. The van der Waals surface area contributed by atoms with E-state index in [9.17, 15) is 4.79 Å². The summed E-state index contributed by atoms with van der Waals surface area (Å²) in [6.07, 6.45) is 2.14. The number of likely N-dealkylation sites (tertiary alicyclic amines) is 1. The Morgan fingerprint density at radius 2 is 2.22 bits per heavy atom. The van der Waals surface area contributed by atoms with E-state index in [1.165, 1.54) is 11.3 Å². The van der Waals surface area contributed by atoms with E-state index in [1.54, 1.807) is 11.3 Å². The average Bonchev–Trinajstić information content (AvgIpc) is 3.17.